The molecule has 200 valence electrons. The van der Waals surface area contributed by atoms with Gasteiger partial charge < -0.3 is 25.5 Å². The summed E-state index contributed by atoms with van der Waals surface area (Å²) in [6, 6.07) is 5.67. The van der Waals surface area contributed by atoms with Crippen molar-refractivity contribution >= 4 is 5.69 Å². The Balaban J connectivity index is 1.05. The molecule has 4 N–H and O–H groups in total. The summed E-state index contributed by atoms with van der Waals surface area (Å²) in [5.74, 6) is 4.27. The largest absolute Gasteiger partial charge is 0.371 e. The van der Waals surface area contributed by atoms with Crippen molar-refractivity contribution in [3.8, 4) is 11.3 Å². The summed E-state index contributed by atoms with van der Waals surface area (Å²) in [5, 5.41) is 7.18. The minimum atomic E-state index is 0.386. The Morgan fingerprint density at radius 2 is 1.32 bits per heavy atom. The lowest BCUT2D eigenvalue weighted by Gasteiger charge is -2.43. The lowest BCUT2D eigenvalue weighted by molar-refractivity contribution is 0.358. The second kappa shape index (κ2) is 9.53. The molecule has 6 aliphatic rings. The molecule has 2 bridgehead atoms. The Kier molecular flexibility index (Phi) is 5.83. The zero-order chi connectivity index (χ0) is 25.1. The molecule has 7 nitrogen and oxygen atoms in total. The third-order valence-electron chi connectivity index (χ3n) is 10.4. The van der Waals surface area contributed by atoms with Crippen LogP contribution in [0.2, 0.25) is 0 Å². The summed E-state index contributed by atoms with van der Waals surface area (Å²) >= 11 is 0. The Morgan fingerprint density at radius 1 is 0.658 bits per heavy atom. The van der Waals surface area contributed by atoms with E-state index in [1.165, 1.54) is 86.8 Å². The van der Waals surface area contributed by atoms with E-state index in [-0.39, 0.29) is 0 Å². The molecule has 0 spiro atoms. The van der Waals surface area contributed by atoms with Crippen LogP contribution in [-0.4, -0.2) is 46.1 Å². The molecule has 2 atom stereocenters. The van der Waals surface area contributed by atoms with Gasteiger partial charge in [-0.3, -0.25) is 0 Å². The lowest BCUT2D eigenvalue weighted by atomic mass is 9.65. The van der Waals surface area contributed by atoms with Crippen molar-refractivity contribution in [2.45, 2.75) is 94.0 Å². The molecule has 2 aromatic heterocycles. The van der Waals surface area contributed by atoms with E-state index in [4.69, 9.17) is 9.97 Å². The molecule has 3 saturated heterocycles. The van der Waals surface area contributed by atoms with Gasteiger partial charge in [0.05, 0.1) is 24.0 Å². The van der Waals surface area contributed by atoms with Crippen LogP contribution in [0.5, 0.6) is 0 Å². The number of aromatic amines is 2. The van der Waals surface area contributed by atoms with E-state index in [9.17, 15) is 0 Å². The van der Waals surface area contributed by atoms with Gasteiger partial charge in [-0.1, -0.05) is 6.07 Å². The first-order valence-electron chi connectivity index (χ1n) is 15.3. The molecule has 5 heterocycles. The summed E-state index contributed by atoms with van der Waals surface area (Å²) in [5.41, 5.74) is 8.81. The van der Waals surface area contributed by atoms with Crippen molar-refractivity contribution in [1.82, 2.24) is 30.6 Å². The molecule has 3 aliphatic carbocycles. The normalized spacial score (nSPS) is 29.3. The predicted molar refractivity (Wildman–Crippen MR) is 151 cm³/mol. The molecule has 3 aromatic rings. The molecule has 4 fully saturated rings. The number of hydrogen-bond donors (Lipinski definition) is 4. The first-order chi connectivity index (χ1) is 18.8. The van der Waals surface area contributed by atoms with E-state index >= 15 is 0 Å². The van der Waals surface area contributed by atoms with Gasteiger partial charge in [0.2, 0.25) is 0 Å². The number of rotatable bonds is 5. The number of benzene rings is 1. The first kappa shape index (κ1) is 23.3. The van der Waals surface area contributed by atoms with Crippen LogP contribution in [0.25, 0.3) is 11.3 Å². The molecule has 0 unspecified atom stereocenters. The summed E-state index contributed by atoms with van der Waals surface area (Å²) in [6.45, 7) is 4.48. The number of anilines is 1. The van der Waals surface area contributed by atoms with Crippen LogP contribution in [0, 0.1) is 0 Å². The number of nitrogens with one attached hydrogen (secondary N) is 4. The van der Waals surface area contributed by atoms with Crippen molar-refractivity contribution < 1.29 is 0 Å². The molecule has 1 saturated carbocycles. The monoisotopic (exact) mass is 511 g/mol. The molecule has 0 radical (unpaired) electrons. The number of hydrogen-bond acceptors (Lipinski definition) is 5. The van der Waals surface area contributed by atoms with E-state index in [0.29, 0.717) is 23.9 Å². The van der Waals surface area contributed by atoms with E-state index in [1.54, 1.807) is 11.1 Å². The molecular weight excluding hydrogens is 470 g/mol. The smallest absolute Gasteiger partial charge is 0.123 e. The zero-order valence-corrected chi connectivity index (χ0v) is 22.4. The number of H-pyrrole nitrogens is 2. The van der Waals surface area contributed by atoms with Gasteiger partial charge in [0, 0.05) is 42.1 Å². The lowest BCUT2D eigenvalue weighted by Crippen LogP contribution is -2.35. The third-order valence-corrected chi connectivity index (χ3v) is 10.4. The van der Waals surface area contributed by atoms with Crippen LogP contribution >= 0.6 is 0 Å². The fraction of sp³-hybridized carbons (Fsp3) is 0.613. The van der Waals surface area contributed by atoms with E-state index in [0.717, 1.165) is 43.7 Å². The maximum Gasteiger partial charge on any atom is 0.123 e. The van der Waals surface area contributed by atoms with Crippen LogP contribution in [0.4, 0.5) is 5.69 Å². The van der Waals surface area contributed by atoms with Crippen molar-refractivity contribution in [2.75, 3.05) is 31.1 Å². The average molecular weight is 512 g/mol. The molecule has 9 rings (SSSR count). The van der Waals surface area contributed by atoms with E-state index in [2.05, 4.69) is 50.0 Å². The summed E-state index contributed by atoms with van der Waals surface area (Å²) in [6.07, 6.45) is 16.9. The summed E-state index contributed by atoms with van der Waals surface area (Å²) in [4.78, 5) is 19.7. The zero-order valence-electron chi connectivity index (χ0n) is 22.4. The Labute approximate surface area is 225 Å². The van der Waals surface area contributed by atoms with Crippen LogP contribution in [-0.2, 0) is 0 Å². The predicted octanol–water partition coefficient (Wildman–Crippen LogP) is 5.79. The van der Waals surface area contributed by atoms with Crippen molar-refractivity contribution in [3.63, 3.8) is 0 Å². The highest BCUT2D eigenvalue weighted by atomic mass is 15.1. The van der Waals surface area contributed by atoms with Crippen LogP contribution in [0.1, 0.15) is 123 Å². The minimum absolute atomic E-state index is 0.386. The van der Waals surface area contributed by atoms with Gasteiger partial charge in [-0.05, 0) is 106 Å². The van der Waals surface area contributed by atoms with Gasteiger partial charge in [-0.2, -0.15) is 0 Å². The Bertz CT molecular complexity index is 1280. The molecule has 7 heteroatoms. The van der Waals surface area contributed by atoms with Crippen LogP contribution < -0.4 is 15.5 Å². The number of piperidine rings is 1. The topological polar surface area (TPSA) is 84.7 Å². The fourth-order valence-corrected chi connectivity index (χ4v) is 8.33. The number of fused-ring (bicyclic) bond motifs is 2. The van der Waals surface area contributed by atoms with Gasteiger partial charge >= 0.3 is 0 Å². The Morgan fingerprint density at radius 3 is 2.00 bits per heavy atom. The number of imidazole rings is 2. The van der Waals surface area contributed by atoms with Crippen molar-refractivity contribution in [1.29, 1.82) is 0 Å². The average Bonchev–Trinajstić information content (AvgIpc) is 3.80. The summed E-state index contributed by atoms with van der Waals surface area (Å²) < 4.78 is 0. The highest BCUT2D eigenvalue weighted by Crippen LogP contribution is 2.55. The highest BCUT2D eigenvalue weighted by molar-refractivity contribution is 5.74. The van der Waals surface area contributed by atoms with Gasteiger partial charge in [-0.25, -0.2) is 9.97 Å². The van der Waals surface area contributed by atoms with Crippen molar-refractivity contribution in [3.05, 3.63) is 53.0 Å². The molecule has 3 aliphatic heterocycles. The van der Waals surface area contributed by atoms with Crippen LogP contribution in [0.15, 0.2) is 24.5 Å². The molecule has 0 amide bonds. The third kappa shape index (κ3) is 3.92. The van der Waals surface area contributed by atoms with Crippen molar-refractivity contribution in [2.24, 2.45) is 0 Å². The fourth-order valence-electron chi connectivity index (χ4n) is 8.33. The Hall–Kier alpha value is -2.64. The minimum Gasteiger partial charge on any atom is -0.371 e. The molecule has 1 aromatic carbocycles. The van der Waals surface area contributed by atoms with Gasteiger partial charge in [0.1, 0.15) is 11.6 Å². The van der Waals surface area contributed by atoms with Gasteiger partial charge in [-0.15, -0.1) is 0 Å². The maximum atomic E-state index is 4.82. The molecule has 38 heavy (non-hydrogen) atoms. The quantitative estimate of drug-likeness (QED) is 0.349. The number of nitrogens with zero attached hydrogens (tertiary/aromatic N) is 3. The highest BCUT2D eigenvalue weighted by Gasteiger charge is 2.38. The number of aromatic nitrogens is 4. The molecular formula is C31H41N7. The second-order valence-corrected chi connectivity index (χ2v) is 12.5. The van der Waals surface area contributed by atoms with E-state index < -0.39 is 0 Å². The van der Waals surface area contributed by atoms with Crippen LogP contribution in [0.3, 0.4) is 0 Å². The maximum absolute atomic E-state index is 4.82. The summed E-state index contributed by atoms with van der Waals surface area (Å²) in [7, 11) is 0. The standard InChI is InChI=1S/C31H41N7/c1-3-23(32-13-1)30-34-17-25(36-30)19-11-15-38(16-12-19)27-10-9-22(28-20-5-7-21(8-6-20)29(27)28)26-18-35-31(37-26)24-4-2-14-33-24/h9-10,17-21,23-24,32-33H,1-8,11-16H2,(H,34,36)(H,35,37)/t20?,21?,23-,24-/m0/s1. The first-order valence-corrected chi connectivity index (χ1v) is 15.3. The van der Waals surface area contributed by atoms with Gasteiger partial charge in [0.15, 0.2) is 0 Å². The second-order valence-electron chi connectivity index (χ2n) is 12.5. The van der Waals surface area contributed by atoms with Gasteiger partial charge in [0.25, 0.3) is 0 Å². The SMILES string of the molecule is c1nc([C@@H]2CCCN2)[nH]c1-c1ccc(N2CCC(c3cnc([C@@H]4CCCN4)[nH]3)CC2)c2c1C1CCC2CC1. The van der Waals surface area contributed by atoms with E-state index in [1.807, 2.05) is 0 Å².